The minimum Gasteiger partial charge on any atom is -0.491 e. The Kier molecular flexibility index (Phi) is 9.33. The molecule has 0 spiro atoms. The summed E-state index contributed by atoms with van der Waals surface area (Å²) >= 11 is 28.9. The Morgan fingerprint density at radius 3 is 1.70 bits per heavy atom. The van der Waals surface area contributed by atoms with Gasteiger partial charge in [0.15, 0.2) is 0 Å². The molecule has 2 aliphatic rings. The molecule has 0 atom stereocenters. The van der Waals surface area contributed by atoms with Crippen LogP contribution in [0.2, 0.25) is 20.1 Å². The van der Waals surface area contributed by atoms with Gasteiger partial charge in [-0.1, -0.05) is 80.7 Å². The van der Waals surface area contributed by atoms with E-state index >= 15 is 0 Å². The van der Waals surface area contributed by atoms with Crippen molar-refractivity contribution in [2.24, 2.45) is 0 Å². The number of hydrogen-bond acceptors (Lipinski definition) is 10. The van der Waals surface area contributed by atoms with E-state index < -0.39 is 0 Å². The van der Waals surface area contributed by atoms with Crippen molar-refractivity contribution in [2.75, 3.05) is 24.7 Å². The van der Waals surface area contributed by atoms with E-state index in [9.17, 15) is 0 Å². The van der Waals surface area contributed by atoms with E-state index in [0.717, 1.165) is 83.8 Å². The number of thiophene rings is 2. The number of halogens is 4. The van der Waals surface area contributed by atoms with Crippen LogP contribution in [0.25, 0.3) is 48.5 Å². The molecule has 4 N–H and O–H groups in total. The molecule has 0 radical (unpaired) electrons. The van der Waals surface area contributed by atoms with E-state index in [1.807, 2.05) is 0 Å². The highest BCUT2D eigenvalue weighted by Gasteiger charge is 2.28. The predicted octanol–water partition coefficient (Wildman–Crippen LogP) is 11.1. The van der Waals surface area contributed by atoms with Crippen LogP contribution in [0.1, 0.15) is 55.0 Å². The molecule has 2 aliphatic heterocycles. The topological polar surface area (TPSA) is 122 Å². The van der Waals surface area contributed by atoms with Crippen LogP contribution in [0.3, 0.4) is 0 Å². The molecule has 2 aromatic carbocycles. The van der Waals surface area contributed by atoms with Gasteiger partial charge in [0.2, 0.25) is 11.9 Å². The van der Waals surface area contributed by atoms with Crippen LogP contribution in [0, 0.1) is 0 Å². The predicted molar refractivity (Wildman–Crippen MR) is 211 cm³/mol. The lowest BCUT2D eigenvalue weighted by Gasteiger charge is -2.15. The van der Waals surface area contributed by atoms with Crippen LogP contribution in [-0.2, 0) is 18.3 Å². The number of ether oxygens (including phenoxy) is 2. The zero-order chi connectivity index (χ0) is 35.6. The smallest absolute Gasteiger partial charge is 0.221 e. The Morgan fingerprint density at radius 1 is 0.740 bits per heavy atom. The SMILES string of the molecule is C=C(CC)c1cc2c(-c3c(Cl)cc(Cl)c4c3CCO4)nc(N)nc2s1.CC(C)(C)c1cc2c(-c3c(Cl)cc(Cl)c4c3CCO4)nc(N)nc2s1. The molecular weight excluding hydrogens is 754 g/mol. The number of nitrogen functional groups attached to an aromatic ring is 2. The van der Waals surface area contributed by atoms with Crippen LogP contribution >= 0.6 is 69.1 Å². The van der Waals surface area contributed by atoms with Crippen LogP contribution in [0.15, 0.2) is 30.8 Å². The van der Waals surface area contributed by atoms with Crippen molar-refractivity contribution in [3.05, 3.63) is 71.8 Å². The average molecular weight is 787 g/mol. The number of fused-ring (bicyclic) bond motifs is 4. The number of nitrogens with two attached hydrogens (primary N) is 2. The summed E-state index contributed by atoms with van der Waals surface area (Å²) in [5.74, 6) is 1.83. The fourth-order valence-electron chi connectivity index (χ4n) is 6.09. The van der Waals surface area contributed by atoms with Gasteiger partial charge in [-0.3, -0.25) is 0 Å². The van der Waals surface area contributed by atoms with E-state index in [1.54, 1.807) is 34.8 Å². The second-order valence-electron chi connectivity index (χ2n) is 13.0. The number of benzene rings is 2. The second-order valence-corrected chi connectivity index (χ2v) is 16.7. The van der Waals surface area contributed by atoms with Crippen LogP contribution in [0.5, 0.6) is 11.5 Å². The standard InChI is InChI=1S/C18H17Cl2N3OS.C18H15Cl2N3OS/c1-18(2,3)12-6-9-14(22-17(21)23-16(9)25-12)13-8-4-5-24-15(8)11(20)7-10(13)19;1-3-8(2)13-6-10-15(22-18(21)23-17(10)25-13)14-9-4-5-24-16(9)12(20)7-11(14)19/h6-7H,4-5H2,1-3H3,(H2,21,22,23);6-7H,2-5H2,1H3,(H2,21,22,23). The average Bonchev–Trinajstić information content (AvgIpc) is 3.86. The Hall–Kier alpha value is -3.38. The number of rotatable bonds is 4. The maximum Gasteiger partial charge on any atom is 0.221 e. The van der Waals surface area contributed by atoms with Crippen molar-refractivity contribution >= 4 is 107 Å². The molecule has 8 rings (SSSR count). The van der Waals surface area contributed by atoms with Gasteiger partial charge in [-0.25, -0.2) is 19.9 Å². The highest BCUT2D eigenvalue weighted by atomic mass is 35.5. The lowest BCUT2D eigenvalue weighted by Crippen LogP contribution is -2.07. The van der Waals surface area contributed by atoms with Gasteiger partial charge < -0.3 is 20.9 Å². The summed E-state index contributed by atoms with van der Waals surface area (Å²) in [4.78, 5) is 21.8. The fourth-order valence-corrected chi connectivity index (χ4v) is 9.56. The van der Waals surface area contributed by atoms with Gasteiger partial charge in [0.25, 0.3) is 0 Å². The zero-order valence-electron chi connectivity index (χ0n) is 27.6. The number of allylic oxidation sites excluding steroid dienone is 1. The highest BCUT2D eigenvalue weighted by molar-refractivity contribution is 7.19. The first-order valence-electron chi connectivity index (χ1n) is 15.9. The van der Waals surface area contributed by atoms with E-state index in [-0.39, 0.29) is 17.3 Å². The molecule has 0 unspecified atom stereocenters. The molecule has 6 heterocycles. The number of anilines is 2. The summed E-state index contributed by atoms with van der Waals surface area (Å²) in [6.07, 6.45) is 2.34. The third-order valence-electron chi connectivity index (χ3n) is 8.58. The Bertz CT molecular complexity index is 2370. The summed E-state index contributed by atoms with van der Waals surface area (Å²) in [6, 6.07) is 7.62. The monoisotopic (exact) mass is 784 g/mol. The Labute approximate surface area is 317 Å². The van der Waals surface area contributed by atoms with Crippen molar-refractivity contribution in [1.82, 2.24) is 19.9 Å². The molecule has 6 aromatic rings. The Balaban J connectivity index is 0.000000157. The van der Waals surface area contributed by atoms with Crippen molar-refractivity contribution in [3.63, 3.8) is 0 Å². The fraction of sp³-hybridized carbons (Fsp3) is 0.278. The second kappa shape index (κ2) is 13.3. The summed E-state index contributed by atoms with van der Waals surface area (Å²) < 4.78 is 11.4. The van der Waals surface area contributed by atoms with E-state index in [1.165, 1.54) is 4.88 Å². The Morgan fingerprint density at radius 2 is 1.22 bits per heavy atom. The summed E-state index contributed by atoms with van der Waals surface area (Å²) in [6.45, 7) is 13.9. The largest absolute Gasteiger partial charge is 0.491 e. The first-order valence-corrected chi connectivity index (χ1v) is 19.0. The number of aromatic nitrogens is 4. The first kappa shape index (κ1) is 35.0. The molecule has 258 valence electrons. The molecule has 0 saturated heterocycles. The normalized spacial score (nSPS) is 13.5. The van der Waals surface area contributed by atoms with Crippen molar-refractivity contribution in [1.29, 1.82) is 0 Å². The molecule has 14 heteroatoms. The maximum atomic E-state index is 6.56. The maximum absolute atomic E-state index is 6.56. The summed E-state index contributed by atoms with van der Waals surface area (Å²) in [7, 11) is 0. The molecule has 8 nitrogen and oxygen atoms in total. The zero-order valence-corrected chi connectivity index (χ0v) is 32.3. The molecule has 4 aromatic heterocycles. The molecular formula is C36H32Cl4N6O2S2. The molecule has 50 heavy (non-hydrogen) atoms. The molecule has 0 saturated carbocycles. The molecule has 0 aliphatic carbocycles. The van der Waals surface area contributed by atoms with Gasteiger partial charge in [0.1, 0.15) is 21.2 Å². The van der Waals surface area contributed by atoms with Gasteiger partial charge in [-0.05, 0) is 41.7 Å². The van der Waals surface area contributed by atoms with E-state index in [4.69, 9.17) is 67.3 Å². The molecule has 0 bridgehead atoms. The summed E-state index contributed by atoms with van der Waals surface area (Å²) in [5.41, 5.74) is 18.1. The van der Waals surface area contributed by atoms with Crippen molar-refractivity contribution in [2.45, 2.75) is 52.4 Å². The van der Waals surface area contributed by atoms with Gasteiger partial charge >= 0.3 is 0 Å². The van der Waals surface area contributed by atoms with Crippen molar-refractivity contribution in [3.8, 4) is 34.0 Å². The van der Waals surface area contributed by atoms with Gasteiger partial charge in [0, 0.05) is 55.6 Å². The highest BCUT2D eigenvalue weighted by Crippen LogP contribution is 2.48. The van der Waals surface area contributed by atoms with Gasteiger partial charge in [0.05, 0.1) is 44.7 Å². The lowest BCUT2D eigenvalue weighted by atomic mass is 9.93. The minimum absolute atomic E-state index is 0.0201. The van der Waals surface area contributed by atoms with E-state index in [2.05, 4.69) is 66.3 Å². The third kappa shape index (κ3) is 6.24. The minimum atomic E-state index is 0.0201. The number of nitrogens with zero attached hydrogens (tertiary/aromatic N) is 4. The van der Waals surface area contributed by atoms with Gasteiger partial charge in [-0.2, -0.15) is 0 Å². The van der Waals surface area contributed by atoms with Crippen LogP contribution in [-0.4, -0.2) is 33.1 Å². The quantitative estimate of drug-likeness (QED) is 0.181. The molecule has 0 fully saturated rings. The van der Waals surface area contributed by atoms with E-state index in [0.29, 0.717) is 44.8 Å². The molecule has 0 amide bonds. The third-order valence-corrected chi connectivity index (χ3v) is 12.3. The van der Waals surface area contributed by atoms with Crippen molar-refractivity contribution < 1.29 is 9.47 Å². The lowest BCUT2D eigenvalue weighted by molar-refractivity contribution is 0.357. The van der Waals surface area contributed by atoms with Crippen LogP contribution in [0.4, 0.5) is 11.9 Å². The number of hydrogen-bond donors (Lipinski definition) is 2. The van der Waals surface area contributed by atoms with Crippen LogP contribution < -0.4 is 20.9 Å². The summed E-state index contributed by atoms with van der Waals surface area (Å²) in [5, 5.41) is 4.02. The van der Waals surface area contributed by atoms with Gasteiger partial charge in [-0.15, -0.1) is 22.7 Å². The first-order chi connectivity index (χ1) is 23.7.